The number of fused-ring (bicyclic) bond motifs is 1. The van der Waals surface area contributed by atoms with E-state index in [1.807, 2.05) is 0 Å². The lowest BCUT2D eigenvalue weighted by Crippen LogP contribution is -2.54. The highest BCUT2D eigenvalue weighted by molar-refractivity contribution is 6.26. The van der Waals surface area contributed by atoms with Crippen LogP contribution in [0.5, 0.6) is 0 Å². The number of carbonyl (C=O) groups is 5. The van der Waals surface area contributed by atoms with Gasteiger partial charge in [-0.1, -0.05) is 11.3 Å². The Kier molecular flexibility index (Phi) is 5.09. The maximum absolute atomic E-state index is 13.0. The number of aliphatic hydroxyl groups is 1. The van der Waals surface area contributed by atoms with Crippen LogP contribution in [0.4, 0.5) is 5.69 Å². The first-order valence-electron chi connectivity index (χ1n) is 9.83. The third-order valence-corrected chi connectivity index (χ3v) is 5.21. The molecular weight excluding hydrogens is 420 g/mol. The van der Waals surface area contributed by atoms with Crippen LogP contribution < -0.4 is 10.6 Å². The van der Waals surface area contributed by atoms with Gasteiger partial charge in [-0.05, 0) is 32.4 Å². The fourth-order valence-corrected chi connectivity index (χ4v) is 3.61. The molecule has 12 nitrogen and oxygen atoms in total. The van der Waals surface area contributed by atoms with Gasteiger partial charge in [-0.2, -0.15) is 0 Å². The average Bonchev–Trinajstić information content (AvgIpc) is 3.27. The van der Waals surface area contributed by atoms with Crippen molar-refractivity contribution < 1.29 is 29.1 Å². The number of hydrogen-bond donors (Lipinski definition) is 3. The van der Waals surface area contributed by atoms with E-state index in [4.69, 9.17) is 0 Å². The number of nitrogens with zero attached hydrogens (tertiary/aromatic N) is 4. The van der Waals surface area contributed by atoms with E-state index >= 15 is 0 Å². The number of carbonyl (C=O) groups excluding carboxylic acids is 5. The van der Waals surface area contributed by atoms with E-state index in [1.54, 1.807) is 0 Å². The smallest absolute Gasteiger partial charge is 0.264 e. The van der Waals surface area contributed by atoms with E-state index in [0.717, 1.165) is 4.90 Å². The summed E-state index contributed by atoms with van der Waals surface area (Å²) in [5.41, 5.74) is -0.787. The fourth-order valence-electron chi connectivity index (χ4n) is 3.61. The van der Waals surface area contributed by atoms with Crippen LogP contribution >= 0.6 is 0 Å². The van der Waals surface area contributed by atoms with E-state index in [9.17, 15) is 29.1 Å². The molecule has 1 aromatic carbocycles. The predicted molar refractivity (Wildman–Crippen MR) is 107 cm³/mol. The molecule has 2 aliphatic heterocycles. The number of anilines is 1. The van der Waals surface area contributed by atoms with Crippen LogP contribution in [0.25, 0.3) is 0 Å². The largest absolute Gasteiger partial charge is 0.384 e. The molecule has 1 atom stereocenters. The van der Waals surface area contributed by atoms with Gasteiger partial charge in [0, 0.05) is 6.42 Å². The van der Waals surface area contributed by atoms with Gasteiger partial charge in [0.05, 0.1) is 23.0 Å². The highest BCUT2D eigenvalue weighted by Gasteiger charge is 2.45. The van der Waals surface area contributed by atoms with E-state index in [-0.39, 0.29) is 41.9 Å². The van der Waals surface area contributed by atoms with Crippen molar-refractivity contribution in [3.63, 3.8) is 0 Å². The Balaban J connectivity index is 1.54. The topological polar surface area (TPSA) is 164 Å². The van der Waals surface area contributed by atoms with E-state index < -0.39 is 41.2 Å². The number of amides is 5. The second-order valence-corrected chi connectivity index (χ2v) is 8.08. The first kappa shape index (κ1) is 21.3. The summed E-state index contributed by atoms with van der Waals surface area (Å²) in [4.78, 5) is 62.8. The minimum atomic E-state index is -1.22. The summed E-state index contributed by atoms with van der Waals surface area (Å²) in [6.45, 7) is 2.82. The Labute approximate surface area is 181 Å². The van der Waals surface area contributed by atoms with Gasteiger partial charge in [0.2, 0.25) is 17.7 Å². The lowest BCUT2D eigenvalue weighted by molar-refractivity contribution is -0.136. The molecule has 0 saturated carbocycles. The maximum Gasteiger partial charge on any atom is 0.264 e. The number of aromatic nitrogens is 3. The third-order valence-electron chi connectivity index (χ3n) is 5.21. The molecule has 12 heteroatoms. The zero-order valence-corrected chi connectivity index (χ0v) is 17.3. The third kappa shape index (κ3) is 3.75. The first-order valence-corrected chi connectivity index (χ1v) is 9.83. The Morgan fingerprint density at radius 1 is 1.25 bits per heavy atom. The Morgan fingerprint density at radius 2 is 2.00 bits per heavy atom. The second kappa shape index (κ2) is 7.64. The molecule has 166 valence electrons. The zero-order valence-electron chi connectivity index (χ0n) is 17.3. The first-order chi connectivity index (χ1) is 15.1. The minimum Gasteiger partial charge on any atom is -0.384 e. The Hall–Kier alpha value is -3.93. The normalized spacial score (nSPS) is 18.6. The van der Waals surface area contributed by atoms with Crippen molar-refractivity contribution in [2.75, 3.05) is 5.32 Å². The van der Waals surface area contributed by atoms with Crippen LogP contribution in [0.3, 0.4) is 0 Å². The second-order valence-electron chi connectivity index (χ2n) is 8.08. The van der Waals surface area contributed by atoms with Crippen LogP contribution in [-0.2, 0) is 26.5 Å². The fraction of sp³-hybridized carbons (Fsp3) is 0.350. The van der Waals surface area contributed by atoms with Crippen molar-refractivity contribution in [3.8, 4) is 0 Å². The summed E-state index contributed by atoms with van der Waals surface area (Å²) < 4.78 is 1.23. The average molecular weight is 440 g/mol. The molecule has 3 heterocycles. The SMILES string of the molecule is CC(C)(O)c1cn(CC(=O)Nc2cccc3c2C(=O)N(C2CCC(=O)NC2=O)C3=O)nn1. The molecule has 32 heavy (non-hydrogen) atoms. The van der Waals surface area contributed by atoms with Crippen molar-refractivity contribution in [1.29, 1.82) is 0 Å². The molecule has 3 N–H and O–H groups in total. The molecule has 0 spiro atoms. The highest BCUT2D eigenvalue weighted by atomic mass is 16.3. The number of piperidine rings is 1. The number of benzene rings is 1. The van der Waals surface area contributed by atoms with Crippen LogP contribution in [0.1, 0.15) is 53.1 Å². The van der Waals surface area contributed by atoms with Crippen molar-refractivity contribution in [1.82, 2.24) is 25.2 Å². The minimum absolute atomic E-state index is 0.0118. The van der Waals surface area contributed by atoms with Gasteiger partial charge in [0.1, 0.15) is 23.9 Å². The van der Waals surface area contributed by atoms with Gasteiger partial charge in [-0.3, -0.25) is 34.2 Å². The molecule has 1 unspecified atom stereocenters. The summed E-state index contributed by atoms with van der Waals surface area (Å²) >= 11 is 0. The van der Waals surface area contributed by atoms with Crippen molar-refractivity contribution in [2.24, 2.45) is 0 Å². The van der Waals surface area contributed by atoms with Crippen LogP contribution in [0.2, 0.25) is 0 Å². The molecule has 0 radical (unpaired) electrons. The Bertz CT molecular complexity index is 1160. The molecule has 1 aromatic heterocycles. The molecular formula is C20H20N6O6. The lowest BCUT2D eigenvalue weighted by atomic mass is 10.0. The molecule has 4 rings (SSSR count). The molecule has 0 aliphatic carbocycles. The van der Waals surface area contributed by atoms with Gasteiger partial charge >= 0.3 is 0 Å². The number of hydrogen-bond acceptors (Lipinski definition) is 8. The van der Waals surface area contributed by atoms with Crippen molar-refractivity contribution >= 4 is 35.2 Å². The zero-order chi connectivity index (χ0) is 23.2. The molecule has 2 aliphatic rings. The summed E-state index contributed by atoms with van der Waals surface area (Å²) in [5.74, 6) is -3.10. The quantitative estimate of drug-likeness (QED) is 0.526. The summed E-state index contributed by atoms with van der Waals surface area (Å²) in [7, 11) is 0. The summed E-state index contributed by atoms with van der Waals surface area (Å²) in [5, 5.41) is 22.3. The van der Waals surface area contributed by atoms with E-state index in [1.165, 1.54) is 42.9 Å². The van der Waals surface area contributed by atoms with Crippen LogP contribution in [-0.4, -0.2) is 60.6 Å². The molecule has 1 fully saturated rings. The summed E-state index contributed by atoms with van der Waals surface area (Å²) in [6, 6.07) is 3.32. The Morgan fingerprint density at radius 3 is 2.66 bits per heavy atom. The monoisotopic (exact) mass is 440 g/mol. The van der Waals surface area contributed by atoms with Gasteiger partial charge in [0.15, 0.2) is 0 Å². The van der Waals surface area contributed by atoms with Crippen LogP contribution in [0.15, 0.2) is 24.4 Å². The molecule has 0 bridgehead atoms. The van der Waals surface area contributed by atoms with Gasteiger partial charge in [0.25, 0.3) is 11.8 Å². The van der Waals surface area contributed by atoms with Crippen LogP contribution in [0, 0.1) is 0 Å². The molecule has 5 amide bonds. The van der Waals surface area contributed by atoms with E-state index in [2.05, 4.69) is 20.9 Å². The maximum atomic E-state index is 13.0. The molecule has 1 saturated heterocycles. The van der Waals surface area contributed by atoms with Gasteiger partial charge in [-0.15, -0.1) is 5.10 Å². The number of nitrogens with one attached hydrogen (secondary N) is 2. The van der Waals surface area contributed by atoms with Crippen molar-refractivity contribution in [3.05, 3.63) is 41.2 Å². The predicted octanol–water partition coefficient (Wildman–Crippen LogP) is -0.455. The number of imide groups is 2. The summed E-state index contributed by atoms with van der Waals surface area (Å²) in [6.07, 6.45) is 1.47. The lowest BCUT2D eigenvalue weighted by Gasteiger charge is -2.27. The van der Waals surface area contributed by atoms with Crippen molar-refractivity contribution in [2.45, 2.75) is 44.9 Å². The standard InChI is InChI=1S/C20H20N6O6/c1-20(2,32)13-8-25(24-23-13)9-15(28)21-11-5-3-4-10-16(11)19(31)26(18(10)30)12-6-7-14(27)22-17(12)29/h3-5,8,12,32H,6-7,9H2,1-2H3,(H,21,28)(H,22,27,29). The van der Waals surface area contributed by atoms with Gasteiger partial charge < -0.3 is 10.4 Å². The number of rotatable bonds is 5. The highest BCUT2D eigenvalue weighted by Crippen LogP contribution is 2.32. The van der Waals surface area contributed by atoms with E-state index in [0.29, 0.717) is 0 Å². The molecule has 2 aromatic rings. The van der Waals surface area contributed by atoms with Gasteiger partial charge in [-0.25, -0.2) is 4.68 Å².